The van der Waals surface area contributed by atoms with Crippen LogP contribution in [0.3, 0.4) is 0 Å². The normalized spacial score (nSPS) is 15.1. The maximum Gasteiger partial charge on any atom is 0.251 e. The summed E-state index contributed by atoms with van der Waals surface area (Å²) in [5, 5.41) is 16.8. The molecule has 2 atom stereocenters. The van der Waals surface area contributed by atoms with Crippen molar-refractivity contribution in [1.82, 2.24) is 15.5 Å². The Morgan fingerprint density at radius 1 is 1.41 bits per heavy atom. The average molecular weight is 303 g/mol. The zero-order valence-electron chi connectivity index (χ0n) is 13.0. The predicted octanol–water partition coefficient (Wildman–Crippen LogP) is 2.26. The van der Waals surface area contributed by atoms with Gasteiger partial charge in [0.1, 0.15) is 0 Å². The molecule has 6 heteroatoms. The minimum Gasteiger partial charge on any atom is -0.388 e. The lowest BCUT2D eigenvalue weighted by Gasteiger charge is -2.29. The molecule has 0 aliphatic carbocycles. The number of rotatable bonds is 6. The average Bonchev–Trinajstić information content (AvgIpc) is 3.06. The number of benzene rings is 1. The third-order valence-electron chi connectivity index (χ3n) is 4.05. The van der Waals surface area contributed by atoms with Crippen molar-refractivity contribution in [1.29, 1.82) is 0 Å². The molecular formula is C16H21N3O3. The summed E-state index contributed by atoms with van der Waals surface area (Å²) < 4.78 is 4.69. The lowest BCUT2D eigenvalue weighted by molar-refractivity contribution is 0.00593. The van der Waals surface area contributed by atoms with E-state index < -0.39 is 5.60 Å². The molecule has 0 aliphatic rings. The zero-order valence-corrected chi connectivity index (χ0v) is 13.0. The van der Waals surface area contributed by atoms with E-state index in [0.717, 1.165) is 12.0 Å². The zero-order chi connectivity index (χ0) is 16.2. The van der Waals surface area contributed by atoms with Gasteiger partial charge in [0.25, 0.3) is 5.91 Å². The van der Waals surface area contributed by atoms with Crippen LogP contribution in [-0.2, 0) is 0 Å². The van der Waals surface area contributed by atoms with Crippen LogP contribution in [0.5, 0.6) is 0 Å². The fourth-order valence-electron chi connectivity index (χ4n) is 2.04. The van der Waals surface area contributed by atoms with Gasteiger partial charge in [-0.25, -0.2) is 0 Å². The van der Waals surface area contributed by atoms with Gasteiger partial charge in [-0.05, 0) is 25.0 Å². The van der Waals surface area contributed by atoms with Crippen molar-refractivity contribution in [2.24, 2.45) is 5.92 Å². The first-order chi connectivity index (χ1) is 10.4. The van der Waals surface area contributed by atoms with E-state index in [1.165, 1.54) is 6.39 Å². The molecule has 2 N–H and O–H groups in total. The van der Waals surface area contributed by atoms with E-state index in [2.05, 4.69) is 20.0 Å². The van der Waals surface area contributed by atoms with Crippen molar-refractivity contribution in [3.8, 4) is 11.4 Å². The summed E-state index contributed by atoms with van der Waals surface area (Å²) in [5.41, 5.74) is 0.374. The van der Waals surface area contributed by atoms with Crippen LogP contribution in [-0.4, -0.2) is 33.3 Å². The molecule has 2 unspecified atom stereocenters. The fraction of sp³-hybridized carbons (Fsp3) is 0.438. The largest absolute Gasteiger partial charge is 0.388 e. The number of nitrogens with zero attached hydrogens (tertiary/aromatic N) is 2. The van der Waals surface area contributed by atoms with Crippen molar-refractivity contribution >= 4 is 5.91 Å². The van der Waals surface area contributed by atoms with Gasteiger partial charge in [0.2, 0.25) is 12.2 Å². The topological polar surface area (TPSA) is 88.2 Å². The number of aliphatic hydroxyl groups is 1. The van der Waals surface area contributed by atoms with Crippen LogP contribution in [0.4, 0.5) is 0 Å². The first kappa shape index (κ1) is 16.2. The molecule has 0 spiro atoms. The first-order valence-corrected chi connectivity index (χ1v) is 7.31. The van der Waals surface area contributed by atoms with Crippen molar-refractivity contribution in [3.05, 3.63) is 36.2 Å². The Labute approximate surface area is 129 Å². The fourth-order valence-corrected chi connectivity index (χ4v) is 2.04. The molecular weight excluding hydrogens is 282 g/mol. The van der Waals surface area contributed by atoms with Crippen LogP contribution < -0.4 is 5.32 Å². The molecule has 1 amide bonds. The number of nitrogens with one attached hydrogen (secondary N) is 1. The SMILES string of the molecule is CCC(C)C(C)(O)CNC(=O)c1ccc(-c2ncon2)cc1. The molecule has 0 fully saturated rings. The Morgan fingerprint density at radius 3 is 2.64 bits per heavy atom. The van der Waals surface area contributed by atoms with Crippen molar-refractivity contribution in [2.75, 3.05) is 6.54 Å². The molecule has 118 valence electrons. The van der Waals surface area contributed by atoms with E-state index in [0.29, 0.717) is 11.4 Å². The summed E-state index contributed by atoms with van der Waals surface area (Å²) in [6.45, 7) is 5.93. The second-order valence-corrected chi connectivity index (χ2v) is 5.68. The molecule has 0 bridgehead atoms. The van der Waals surface area contributed by atoms with E-state index in [-0.39, 0.29) is 18.4 Å². The molecule has 0 saturated carbocycles. The van der Waals surface area contributed by atoms with E-state index >= 15 is 0 Å². The number of aromatic nitrogens is 2. The van der Waals surface area contributed by atoms with E-state index in [1.54, 1.807) is 31.2 Å². The second-order valence-electron chi connectivity index (χ2n) is 5.68. The maximum atomic E-state index is 12.1. The molecule has 1 heterocycles. The summed E-state index contributed by atoms with van der Waals surface area (Å²) >= 11 is 0. The van der Waals surface area contributed by atoms with Crippen LogP contribution in [0.2, 0.25) is 0 Å². The van der Waals surface area contributed by atoms with Crippen molar-refractivity contribution in [2.45, 2.75) is 32.8 Å². The molecule has 2 aromatic rings. The molecule has 0 saturated heterocycles. The summed E-state index contributed by atoms with van der Waals surface area (Å²) in [6, 6.07) is 6.90. The first-order valence-electron chi connectivity index (χ1n) is 7.31. The van der Waals surface area contributed by atoms with Gasteiger partial charge in [-0.3, -0.25) is 4.79 Å². The number of hydrogen-bond acceptors (Lipinski definition) is 5. The third-order valence-corrected chi connectivity index (χ3v) is 4.05. The van der Waals surface area contributed by atoms with Crippen LogP contribution in [0, 0.1) is 5.92 Å². The molecule has 1 aromatic heterocycles. The standard InChI is InChI=1S/C16H21N3O3/c1-4-11(2)16(3,21)9-17-15(20)13-7-5-12(6-8-13)14-18-10-22-19-14/h5-8,10-11,21H,4,9H2,1-3H3,(H,17,20). The molecule has 2 rings (SSSR count). The van der Waals surface area contributed by atoms with Gasteiger partial charge >= 0.3 is 0 Å². The van der Waals surface area contributed by atoms with Gasteiger partial charge in [-0.2, -0.15) is 4.98 Å². The van der Waals surface area contributed by atoms with Gasteiger partial charge in [-0.1, -0.05) is 37.6 Å². The Morgan fingerprint density at radius 2 is 2.09 bits per heavy atom. The molecule has 6 nitrogen and oxygen atoms in total. The molecule has 22 heavy (non-hydrogen) atoms. The lowest BCUT2D eigenvalue weighted by Crippen LogP contribution is -2.45. The Kier molecular flexibility index (Phi) is 4.92. The lowest BCUT2D eigenvalue weighted by atomic mass is 9.88. The molecule has 0 radical (unpaired) electrons. The van der Waals surface area contributed by atoms with Crippen LogP contribution >= 0.6 is 0 Å². The number of carbonyl (C=O) groups is 1. The summed E-state index contributed by atoms with van der Waals surface area (Å²) in [5.74, 6) is 0.364. The number of carbonyl (C=O) groups excluding carboxylic acids is 1. The van der Waals surface area contributed by atoms with Crippen LogP contribution in [0.15, 0.2) is 35.2 Å². The highest BCUT2D eigenvalue weighted by atomic mass is 16.5. The Hall–Kier alpha value is -2.21. The predicted molar refractivity (Wildman–Crippen MR) is 82.1 cm³/mol. The van der Waals surface area contributed by atoms with Gasteiger partial charge in [-0.15, -0.1) is 0 Å². The third kappa shape index (κ3) is 3.71. The molecule has 0 aliphatic heterocycles. The Balaban J connectivity index is 1.99. The monoisotopic (exact) mass is 303 g/mol. The van der Waals surface area contributed by atoms with Crippen molar-refractivity contribution < 1.29 is 14.4 Å². The summed E-state index contributed by atoms with van der Waals surface area (Å²) in [6.07, 6.45) is 2.11. The minimum atomic E-state index is -0.922. The maximum absolute atomic E-state index is 12.1. The van der Waals surface area contributed by atoms with Gasteiger partial charge in [0, 0.05) is 17.7 Å². The summed E-state index contributed by atoms with van der Waals surface area (Å²) in [7, 11) is 0. The summed E-state index contributed by atoms with van der Waals surface area (Å²) in [4.78, 5) is 16.1. The number of amides is 1. The van der Waals surface area contributed by atoms with Crippen molar-refractivity contribution in [3.63, 3.8) is 0 Å². The highest BCUT2D eigenvalue weighted by Crippen LogP contribution is 2.19. The van der Waals surface area contributed by atoms with E-state index in [1.807, 2.05) is 13.8 Å². The molecule has 1 aromatic carbocycles. The van der Waals surface area contributed by atoms with Gasteiger partial charge < -0.3 is 14.9 Å². The quantitative estimate of drug-likeness (QED) is 0.854. The highest BCUT2D eigenvalue weighted by molar-refractivity contribution is 5.94. The smallest absolute Gasteiger partial charge is 0.251 e. The van der Waals surface area contributed by atoms with E-state index in [4.69, 9.17) is 0 Å². The Bertz CT molecular complexity index is 606. The van der Waals surface area contributed by atoms with Gasteiger partial charge in [0.05, 0.1) is 5.60 Å². The van der Waals surface area contributed by atoms with Crippen LogP contribution in [0.25, 0.3) is 11.4 Å². The van der Waals surface area contributed by atoms with Crippen LogP contribution in [0.1, 0.15) is 37.6 Å². The second kappa shape index (κ2) is 6.70. The highest BCUT2D eigenvalue weighted by Gasteiger charge is 2.27. The minimum absolute atomic E-state index is 0.105. The van der Waals surface area contributed by atoms with Gasteiger partial charge in [0.15, 0.2) is 0 Å². The van der Waals surface area contributed by atoms with E-state index in [9.17, 15) is 9.90 Å². The number of hydrogen-bond donors (Lipinski definition) is 2.